The van der Waals surface area contributed by atoms with Crippen molar-refractivity contribution in [2.24, 2.45) is 0 Å². The molecule has 0 unspecified atom stereocenters. The monoisotopic (exact) mass is 648 g/mol. The number of hydrogen-bond donors (Lipinski definition) is 0. The molecule has 0 saturated heterocycles. The first-order valence-corrected chi connectivity index (χ1v) is 17.5. The van der Waals surface area contributed by atoms with Gasteiger partial charge in [-0.05, 0) is 79.5 Å². The lowest BCUT2D eigenvalue weighted by molar-refractivity contribution is 0.769. The van der Waals surface area contributed by atoms with Gasteiger partial charge in [0.2, 0.25) is 0 Å². The molecule has 238 valence electrons. The second-order valence-electron chi connectivity index (χ2n) is 13.3. The van der Waals surface area contributed by atoms with Gasteiger partial charge in [0.05, 0.1) is 16.6 Å². The summed E-state index contributed by atoms with van der Waals surface area (Å²) in [6.07, 6.45) is 0. The van der Waals surface area contributed by atoms with Gasteiger partial charge in [0.1, 0.15) is 0 Å². The first-order chi connectivity index (χ1) is 25.3. The maximum atomic E-state index is 5.17. The molecule has 0 spiro atoms. The largest absolute Gasteiger partial charge is 0.228 e. The highest BCUT2D eigenvalue weighted by Gasteiger charge is 2.46. The van der Waals surface area contributed by atoms with Crippen LogP contribution < -0.4 is 0 Å². The number of aromatic nitrogens is 2. The molecule has 0 amide bonds. The summed E-state index contributed by atoms with van der Waals surface area (Å²) in [6.45, 7) is 0. The van der Waals surface area contributed by atoms with Crippen LogP contribution in [0.5, 0.6) is 0 Å². The molecule has 2 heteroatoms. The quantitative estimate of drug-likeness (QED) is 0.186. The standard InChI is InChI=1S/C49H32N2/c1-4-16-33(17-5-1)47-41-26-11-13-29-46(41)50-48(51-47)36-20-14-18-34(30-36)39-27-15-19-35-31-45-43(32-42(35)39)40-25-10-12-28-44(40)49(45,37-21-6-2-7-22-37)38-23-8-3-9-24-38/h1-32H. The molecule has 0 aliphatic heterocycles. The van der Waals surface area contributed by atoms with E-state index in [1.807, 2.05) is 12.1 Å². The summed E-state index contributed by atoms with van der Waals surface area (Å²) in [5.74, 6) is 0.722. The molecule has 0 fully saturated rings. The van der Waals surface area contributed by atoms with Crippen LogP contribution in [0.3, 0.4) is 0 Å². The average Bonchev–Trinajstić information content (AvgIpc) is 3.50. The van der Waals surface area contributed by atoms with Crippen molar-refractivity contribution in [2.75, 3.05) is 0 Å². The van der Waals surface area contributed by atoms with Gasteiger partial charge in [-0.2, -0.15) is 0 Å². The van der Waals surface area contributed by atoms with Crippen molar-refractivity contribution < 1.29 is 0 Å². The van der Waals surface area contributed by atoms with Gasteiger partial charge in [0.15, 0.2) is 5.82 Å². The second-order valence-corrected chi connectivity index (χ2v) is 13.3. The summed E-state index contributed by atoms with van der Waals surface area (Å²) in [5, 5.41) is 3.49. The molecule has 1 aromatic heterocycles. The van der Waals surface area contributed by atoms with Crippen molar-refractivity contribution in [2.45, 2.75) is 5.41 Å². The Morgan fingerprint density at radius 1 is 0.353 bits per heavy atom. The number of hydrogen-bond acceptors (Lipinski definition) is 2. The number of fused-ring (bicyclic) bond motifs is 5. The Morgan fingerprint density at radius 3 is 1.75 bits per heavy atom. The van der Waals surface area contributed by atoms with Gasteiger partial charge in [-0.3, -0.25) is 0 Å². The topological polar surface area (TPSA) is 25.8 Å². The van der Waals surface area contributed by atoms with Gasteiger partial charge in [-0.15, -0.1) is 0 Å². The first-order valence-electron chi connectivity index (χ1n) is 17.5. The van der Waals surface area contributed by atoms with Crippen molar-refractivity contribution in [1.29, 1.82) is 0 Å². The van der Waals surface area contributed by atoms with E-state index >= 15 is 0 Å². The van der Waals surface area contributed by atoms with Crippen molar-refractivity contribution in [3.8, 4) is 44.9 Å². The van der Waals surface area contributed by atoms with E-state index < -0.39 is 5.41 Å². The predicted molar refractivity (Wildman–Crippen MR) is 211 cm³/mol. The Labute approximate surface area is 297 Å². The normalized spacial score (nSPS) is 12.9. The summed E-state index contributed by atoms with van der Waals surface area (Å²) in [6, 6.07) is 69.9. The Hall–Kier alpha value is -6.64. The molecule has 0 radical (unpaired) electrons. The smallest absolute Gasteiger partial charge is 0.160 e. The minimum Gasteiger partial charge on any atom is -0.228 e. The molecule has 10 rings (SSSR count). The summed E-state index contributed by atoms with van der Waals surface area (Å²) in [7, 11) is 0. The van der Waals surface area contributed by atoms with Crippen LogP contribution in [0.15, 0.2) is 194 Å². The van der Waals surface area contributed by atoms with E-state index in [9.17, 15) is 0 Å². The number of benzene rings is 8. The minimum absolute atomic E-state index is 0.428. The molecule has 1 heterocycles. The molecule has 0 N–H and O–H groups in total. The third-order valence-electron chi connectivity index (χ3n) is 10.5. The highest BCUT2D eigenvalue weighted by Crippen LogP contribution is 2.57. The molecule has 0 saturated carbocycles. The van der Waals surface area contributed by atoms with Crippen LogP contribution >= 0.6 is 0 Å². The van der Waals surface area contributed by atoms with Gasteiger partial charge < -0.3 is 0 Å². The minimum atomic E-state index is -0.428. The third kappa shape index (κ3) is 4.57. The lowest BCUT2D eigenvalue weighted by Gasteiger charge is -2.34. The van der Waals surface area contributed by atoms with Crippen LogP contribution in [-0.2, 0) is 5.41 Å². The van der Waals surface area contributed by atoms with Gasteiger partial charge >= 0.3 is 0 Å². The Balaban J connectivity index is 1.18. The van der Waals surface area contributed by atoms with E-state index in [1.165, 1.54) is 49.7 Å². The lowest BCUT2D eigenvalue weighted by Crippen LogP contribution is -2.28. The summed E-state index contributed by atoms with van der Waals surface area (Å²) < 4.78 is 0. The van der Waals surface area contributed by atoms with E-state index in [0.717, 1.165) is 39.1 Å². The fourth-order valence-corrected chi connectivity index (χ4v) is 8.31. The Kier molecular flexibility index (Phi) is 6.75. The summed E-state index contributed by atoms with van der Waals surface area (Å²) in [4.78, 5) is 10.2. The molecule has 0 atom stereocenters. The molecule has 51 heavy (non-hydrogen) atoms. The zero-order chi connectivity index (χ0) is 33.8. The SMILES string of the molecule is c1ccc(-c2nc(-c3cccc(-c4cccc5cc6c(cc45)-c4ccccc4C6(c4ccccc4)c4ccccc4)c3)nc3ccccc23)cc1. The molecule has 1 aliphatic carbocycles. The van der Waals surface area contributed by atoms with Crippen LogP contribution in [0.2, 0.25) is 0 Å². The highest BCUT2D eigenvalue weighted by molar-refractivity contribution is 6.03. The van der Waals surface area contributed by atoms with Crippen LogP contribution in [0.25, 0.3) is 66.6 Å². The van der Waals surface area contributed by atoms with E-state index in [2.05, 4.69) is 182 Å². The maximum absolute atomic E-state index is 5.17. The van der Waals surface area contributed by atoms with Gasteiger partial charge in [0.25, 0.3) is 0 Å². The van der Waals surface area contributed by atoms with Gasteiger partial charge in [-0.25, -0.2) is 9.97 Å². The highest BCUT2D eigenvalue weighted by atomic mass is 14.9. The van der Waals surface area contributed by atoms with Crippen molar-refractivity contribution in [3.63, 3.8) is 0 Å². The summed E-state index contributed by atoms with van der Waals surface area (Å²) >= 11 is 0. The Bertz CT molecular complexity index is 2690. The van der Waals surface area contributed by atoms with Gasteiger partial charge in [0, 0.05) is 16.5 Å². The molecular formula is C49H32N2. The first kappa shape index (κ1) is 29.3. The van der Waals surface area contributed by atoms with Crippen molar-refractivity contribution in [1.82, 2.24) is 9.97 Å². The molecule has 0 bridgehead atoms. The predicted octanol–water partition coefficient (Wildman–Crippen LogP) is 12.1. The Morgan fingerprint density at radius 2 is 0.961 bits per heavy atom. The van der Waals surface area contributed by atoms with Crippen LogP contribution in [0.4, 0.5) is 0 Å². The van der Waals surface area contributed by atoms with Crippen LogP contribution in [0, 0.1) is 0 Å². The van der Waals surface area contributed by atoms with Crippen LogP contribution in [0.1, 0.15) is 22.3 Å². The van der Waals surface area contributed by atoms with Crippen LogP contribution in [-0.4, -0.2) is 9.97 Å². The fraction of sp³-hybridized carbons (Fsp3) is 0.0204. The molecule has 2 nitrogen and oxygen atoms in total. The van der Waals surface area contributed by atoms with Gasteiger partial charge in [-0.1, -0.05) is 170 Å². The zero-order valence-electron chi connectivity index (χ0n) is 27.9. The number of rotatable bonds is 5. The number of para-hydroxylation sites is 1. The van der Waals surface area contributed by atoms with Crippen molar-refractivity contribution in [3.05, 3.63) is 216 Å². The third-order valence-corrected chi connectivity index (χ3v) is 10.5. The maximum Gasteiger partial charge on any atom is 0.160 e. The zero-order valence-corrected chi connectivity index (χ0v) is 27.9. The van der Waals surface area contributed by atoms with E-state index in [0.29, 0.717) is 0 Å². The lowest BCUT2D eigenvalue weighted by atomic mass is 9.67. The fourth-order valence-electron chi connectivity index (χ4n) is 8.31. The van der Waals surface area contributed by atoms with Crippen molar-refractivity contribution >= 4 is 21.7 Å². The van der Waals surface area contributed by atoms with E-state index in [-0.39, 0.29) is 0 Å². The molecule has 8 aromatic carbocycles. The molecular weight excluding hydrogens is 617 g/mol. The van der Waals surface area contributed by atoms with E-state index in [4.69, 9.17) is 9.97 Å². The number of nitrogens with zero attached hydrogens (tertiary/aromatic N) is 2. The second kappa shape index (κ2) is 11.8. The average molecular weight is 649 g/mol. The molecule has 9 aromatic rings. The molecule has 1 aliphatic rings. The summed E-state index contributed by atoms with van der Waals surface area (Å²) in [5.41, 5.74) is 13.6. The van der Waals surface area contributed by atoms with E-state index in [1.54, 1.807) is 0 Å².